The zero-order valence-electron chi connectivity index (χ0n) is 14.2. The minimum atomic E-state index is 0.865. The van der Waals surface area contributed by atoms with Crippen LogP contribution >= 0.6 is 0 Å². The van der Waals surface area contributed by atoms with E-state index in [4.69, 9.17) is 4.74 Å². The van der Waals surface area contributed by atoms with Gasteiger partial charge in [0.15, 0.2) is 0 Å². The van der Waals surface area contributed by atoms with Gasteiger partial charge in [0.1, 0.15) is 5.75 Å². The Morgan fingerprint density at radius 1 is 0.762 bits per heavy atom. The molecule has 1 aromatic carbocycles. The lowest BCUT2D eigenvalue weighted by atomic mass is 10.1. The first kappa shape index (κ1) is 18.1. The number of hydrogen-bond donors (Lipinski definition) is 0. The highest BCUT2D eigenvalue weighted by molar-refractivity contribution is 5.28. The SMILES string of the molecule is CCCCCCCCCCCCOc1cccc(CC)c1. The Kier molecular flexibility index (Phi) is 11.0. The van der Waals surface area contributed by atoms with Gasteiger partial charge in [-0.3, -0.25) is 0 Å². The number of rotatable bonds is 13. The average Bonchev–Trinajstić information content (AvgIpc) is 2.53. The van der Waals surface area contributed by atoms with E-state index in [0.717, 1.165) is 18.8 Å². The minimum Gasteiger partial charge on any atom is -0.494 e. The zero-order chi connectivity index (χ0) is 15.2. The first-order valence-corrected chi connectivity index (χ1v) is 9.08. The van der Waals surface area contributed by atoms with Crippen molar-refractivity contribution in [3.63, 3.8) is 0 Å². The van der Waals surface area contributed by atoms with Crippen LogP contribution in [0.1, 0.15) is 83.6 Å². The normalized spacial score (nSPS) is 10.8. The molecule has 0 bridgehead atoms. The number of unbranched alkanes of at least 4 members (excludes halogenated alkanes) is 9. The summed E-state index contributed by atoms with van der Waals surface area (Å²) >= 11 is 0. The van der Waals surface area contributed by atoms with Crippen molar-refractivity contribution in [2.75, 3.05) is 6.61 Å². The van der Waals surface area contributed by atoms with Crippen molar-refractivity contribution < 1.29 is 4.74 Å². The van der Waals surface area contributed by atoms with E-state index in [9.17, 15) is 0 Å². The summed E-state index contributed by atoms with van der Waals surface area (Å²) in [6.45, 7) is 5.33. The van der Waals surface area contributed by atoms with Crippen molar-refractivity contribution in [3.05, 3.63) is 29.8 Å². The second-order valence-corrected chi connectivity index (χ2v) is 6.03. The van der Waals surface area contributed by atoms with Crippen molar-refractivity contribution in [1.29, 1.82) is 0 Å². The fourth-order valence-corrected chi connectivity index (χ4v) is 2.63. The Bertz CT molecular complexity index is 345. The van der Waals surface area contributed by atoms with E-state index in [1.54, 1.807) is 0 Å². The maximum Gasteiger partial charge on any atom is 0.119 e. The second-order valence-electron chi connectivity index (χ2n) is 6.03. The van der Waals surface area contributed by atoms with E-state index < -0.39 is 0 Å². The fraction of sp³-hybridized carbons (Fsp3) is 0.700. The molecular formula is C20H34O. The third kappa shape index (κ3) is 9.55. The lowest BCUT2D eigenvalue weighted by Crippen LogP contribution is -1.97. The fourth-order valence-electron chi connectivity index (χ4n) is 2.63. The second kappa shape index (κ2) is 12.7. The van der Waals surface area contributed by atoms with Gasteiger partial charge in [-0.05, 0) is 30.5 Å². The van der Waals surface area contributed by atoms with Crippen molar-refractivity contribution in [2.24, 2.45) is 0 Å². The van der Waals surface area contributed by atoms with E-state index >= 15 is 0 Å². The third-order valence-electron chi connectivity index (χ3n) is 4.07. The molecule has 1 heteroatoms. The molecule has 0 spiro atoms. The van der Waals surface area contributed by atoms with Gasteiger partial charge in [-0.25, -0.2) is 0 Å². The van der Waals surface area contributed by atoms with Gasteiger partial charge in [0.2, 0.25) is 0 Å². The van der Waals surface area contributed by atoms with Crippen LogP contribution in [-0.2, 0) is 6.42 Å². The van der Waals surface area contributed by atoms with Crippen LogP contribution in [-0.4, -0.2) is 6.61 Å². The molecule has 1 aromatic rings. The summed E-state index contributed by atoms with van der Waals surface area (Å²) in [4.78, 5) is 0. The maximum absolute atomic E-state index is 5.82. The lowest BCUT2D eigenvalue weighted by Gasteiger charge is -2.07. The number of aryl methyl sites for hydroxylation is 1. The molecule has 0 saturated carbocycles. The first-order valence-electron chi connectivity index (χ1n) is 9.08. The van der Waals surface area contributed by atoms with Gasteiger partial charge >= 0.3 is 0 Å². The standard InChI is InChI=1S/C20H34O/c1-3-5-6-7-8-9-10-11-12-13-17-21-20-16-14-15-19(4-2)18-20/h14-16,18H,3-13,17H2,1-2H3. The van der Waals surface area contributed by atoms with Crippen molar-refractivity contribution in [1.82, 2.24) is 0 Å². The molecule has 0 aromatic heterocycles. The lowest BCUT2D eigenvalue weighted by molar-refractivity contribution is 0.304. The van der Waals surface area contributed by atoms with Gasteiger partial charge in [0.05, 0.1) is 6.61 Å². The van der Waals surface area contributed by atoms with Gasteiger partial charge in [0, 0.05) is 0 Å². The maximum atomic E-state index is 5.82. The topological polar surface area (TPSA) is 9.23 Å². The first-order chi connectivity index (χ1) is 10.4. The van der Waals surface area contributed by atoms with E-state index in [2.05, 4.69) is 38.1 Å². The quantitative estimate of drug-likeness (QED) is 0.374. The van der Waals surface area contributed by atoms with Gasteiger partial charge in [-0.2, -0.15) is 0 Å². The smallest absolute Gasteiger partial charge is 0.119 e. The highest BCUT2D eigenvalue weighted by atomic mass is 16.5. The van der Waals surface area contributed by atoms with Crippen LogP contribution in [0.25, 0.3) is 0 Å². The van der Waals surface area contributed by atoms with Crippen LogP contribution in [0.3, 0.4) is 0 Å². The molecule has 0 aliphatic rings. The molecule has 0 amide bonds. The third-order valence-corrected chi connectivity index (χ3v) is 4.07. The summed E-state index contributed by atoms with van der Waals surface area (Å²) in [6.07, 6.45) is 14.8. The zero-order valence-corrected chi connectivity index (χ0v) is 14.2. The van der Waals surface area contributed by atoms with Crippen LogP contribution in [0, 0.1) is 0 Å². The van der Waals surface area contributed by atoms with Crippen LogP contribution in [0.2, 0.25) is 0 Å². The molecule has 1 nitrogen and oxygen atoms in total. The molecule has 120 valence electrons. The molecule has 0 aliphatic carbocycles. The van der Waals surface area contributed by atoms with E-state index in [1.807, 2.05) is 0 Å². The number of benzene rings is 1. The molecule has 1 rings (SSSR count). The molecule has 0 fully saturated rings. The Hall–Kier alpha value is -0.980. The van der Waals surface area contributed by atoms with Crippen LogP contribution in [0.15, 0.2) is 24.3 Å². The molecule has 0 unspecified atom stereocenters. The minimum absolute atomic E-state index is 0.865. The van der Waals surface area contributed by atoms with Gasteiger partial charge in [0.25, 0.3) is 0 Å². The number of ether oxygens (including phenoxy) is 1. The van der Waals surface area contributed by atoms with E-state index in [1.165, 1.54) is 69.8 Å². The molecule has 0 atom stereocenters. The molecule has 0 saturated heterocycles. The summed E-state index contributed by atoms with van der Waals surface area (Å²) in [7, 11) is 0. The van der Waals surface area contributed by atoms with E-state index in [0.29, 0.717) is 0 Å². The summed E-state index contributed by atoms with van der Waals surface area (Å²) in [5.41, 5.74) is 1.36. The molecule has 0 N–H and O–H groups in total. The Balaban J connectivity index is 1.90. The Labute approximate surface area is 132 Å². The molecule has 21 heavy (non-hydrogen) atoms. The molecule has 0 radical (unpaired) electrons. The summed E-state index contributed by atoms with van der Waals surface area (Å²) in [6, 6.07) is 8.48. The Morgan fingerprint density at radius 2 is 1.38 bits per heavy atom. The summed E-state index contributed by atoms with van der Waals surface area (Å²) in [5, 5.41) is 0. The molecule has 0 heterocycles. The van der Waals surface area contributed by atoms with Gasteiger partial charge in [-0.1, -0.05) is 83.8 Å². The summed E-state index contributed by atoms with van der Waals surface area (Å²) in [5.74, 6) is 1.03. The average molecular weight is 290 g/mol. The van der Waals surface area contributed by atoms with Crippen molar-refractivity contribution in [2.45, 2.75) is 84.5 Å². The van der Waals surface area contributed by atoms with Gasteiger partial charge < -0.3 is 4.74 Å². The van der Waals surface area contributed by atoms with E-state index in [-0.39, 0.29) is 0 Å². The summed E-state index contributed by atoms with van der Waals surface area (Å²) < 4.78 is 5.82. The predicted molar refractivity (Wildman–Crippen MR) is 93.2 cm³/mol. The van der Waals surface area contributed by atoms with Crippen molar-refractivity contribution in [3.8, 4) is 5.75 Å². The largest absolute Gasteiger partial charge is 0.494 e. The van der Waals surface area contributed by atoms with Crippen LogP contribution in [0.5, 0.6) is 5.75 Å². The van der Waals surface area contributed by atoms with Crippen molar-refractivity contribution >= 4 is 0 Å². The Morgan fingerprint density at radius 3 is 2.00 bits per heavy atom. The monoisotopic (exact) mass is 290 g/mol. The van der Waals surface area contributed by atoms with Crippen LogP contribution < -0.4 is 4.74 Å². The van der Waals surface area contributed by atoms with Gasteiger partial charge in [-0.15, -0.1) is 0 Å². The molecule has 0 aliphatic heterocycles. The number of hydrogen-bond acceptors (Lipinski definition) is 1. The predicted octanol–water partition coefficient (Wildman–Crippen LogP) is 6.55. The highest BCUT2D eigenvalue weighted by Crippen LogP contribution is 2.15. The highest BCUT2D eigenvalue weighted by Gasteiger charge is 1.96. The molecular weight excluding hydrogens is 256 g/mol. The van der Waals surface area contributed by atoms with Crippen LogP contribution in [0.4, 0.5) is 0 Å².